The molecule has 0 radical (unpaired) electrons. The topological polar surface area (TPSA) is 65.9 Å². The number of fused-ring (bicyclic) bond motifs is 1. The Hall–Kier alpha value is -3.05. The highest BCUT2D eigenvalue weighted by Crippen LogP contribution is 2.60. The molecule has 0 spiro atoms. The number of halogens is 1. The molecule has 2 bridgehead atoms. The smallest absolute Gasteiger partial charge is 0.190 e. The van der Waals surface area contributed by atoms with Crippen LogP contribution in [0.3, 0.4) is 0 Å². The van der Waals surface area contributed by atoms with Gasteiger partial charge in [-0.15, -0.1) is 0 Å². The van der Waals surface area contributed by atoms with E-state index in [9.17, 15) is 5.11 Å². The van der Waals surface area contributed by atoms with Crippen molar-refractivity contribution in [2.24, 2.45) is 0 Å². The maximum Gasteiger partial charge on any atom is 0.190 e. The molecule has 3 atom stereocenters. The monoisotopic (exact) mass is 391 g/mol. The van der Waals surface area contributed by atoms with E-state index in [0.29, 0.717) is 5.75 Å². The molecule has 2 aliphatic heterocycles. The highest BCUT2D eigenvalue weighted by atomic mass is 35.5. The molecule has 0 saturated heterocycles. The Kier molecular flexibility index (Phi) is 3.64. The standard InChI is InChI=1S/C22H17N3O2.ClH/c26-18-6-3-4-15-17-12-22(14-8-11-27-13-14,19-7-9-23-24-19)21(20(15)18)16-5-1-2-10-25(16)17;/h1-11,13,17,21H,12H2,(H-,23,24,26);1H. The summed E-state index contributed by atoms with van der Waals surface area (Å²) in [7, 11) is 0. The second-order valence-electron chi connectivity index (χ2n) is 7.42. The van der Waals surface area contributed by atoms with E-state index in [4.69, 9.17) is 4.42 Å². The molecule has 0 saturated carbocycles. The summed E-state index contributed by atoms with van der Waals surface area (Å²) >= 11 is 0. The molecule has 3 aliphatic rings. The molecule has 3 aromatic heterocycles. The van der Waals surface area contributed by atoms with E-state index in [0.717, 1.165) is 23.2 Å². The molecule has 0 amide bonds. The average Bonchev–Trinajstić information content (AvgIpc) is 3.43. The van der Waals surface area contributed by atoms with Gasteiger partial charge in [0, 0.05) is 47.1 Å². The highest BCUT2D eigenvalue weighted by Gasteiger charge is 2.61. The van der Waals surface area contributed by atoms with Crippen molar-refractivity contribution < 1.29 is 26.5 Å². The minimum atomic E-state index is -0.374. The van der Waals surface area contributed by atoms with E-state index in [-0.39, 0.29) is 29.8 Å². The quantitative estimate of drug-likeness (QED) is 0.487. The number of phenols is 1. The summed E-state index contributed by atoms with van der Waals surface area (Å²) in [6, 6.07) is 16.4. The third-order valence-corrected chi connectivity index (χ3v) is 6.34. The first-order chi connectivity index (χ1) is 13.3. The normalized spacial score (nSPS) is 24.3. The van der Waals surface area contributed by atoms with E-state index >= 15 is 0 Å². The van der Waals surface area contributed by atoms with Crippen molar-refractivity contribution in [3.05, 3.63) is 102 Å². The number of nitrogens with one attached hydrogen (secondary N) is 1. The third-order valence-electron chi connectivity index (χ3n) is 6.34. The number of aromatic hydroxyl groups is 1. The van der Waals surface area contributed by atoms with Gasteiger partial charge in [-0.2, -0.15) is 9.67 Å². The van der Waals surface area contributed by atoms with Crippen molar-refractivity contribution in [2.75, 3.05) is 0 Å². The van der Waals surface area contributed by atoms with Gasteiger partial charge in [-0.3, -0.25) is 5.10 Å². The fraction of sp³-hybridized carbons (Fsp3) is 0.182. The lowest BCUT2D eigenvalue weighted by molar-refractivity contribution is -0.732. The van der Waals surface area contributed by atoms with Gasteiger partial charge in [-0.1, -0.05) is 18.2 Å². The van der Waals surface area contributed by atoms with Crippen LogP contribution in [0.15, 0.2) is 77.9 Å². The number of hydrogen-bond donors (Lipinski definition) is 2. The second kappa shape index (κ2) is 5.97. The number of aromatic amines is 1. The van der Waals surface area contributed by atoms with Crippen LogP contribution in [0.1, 0.15) is 46.5 Å². The van der Waals surface area contributed by atoms with Gasteiger partial charge in [-0.25, -0.2) is 0 Å². The van der Waals surface area contributed by atoms with Crippen molar-refractivity contribution in [3.8, 4) is 5.75 Å². The number of furan rings is 1. The van der Waals surface area contributed by atoms with Gasteiger partial charge in [0.15, 0.2) is 17.9 Å². The zero-order valence-corrected chi connectivity index (χ0v) is 15.7. The summed E-state index contributed by atoms with van der Waals surface area (Å²) in [5.41, 5.74) is 5.17. The molecule has 3 unspecified atom stereocenters. The van der Waals surface area contributed by atoms with E-state index in [2.05, 4.69) is 45.2 Å². The molecule has 140 valence electrons. The summed E-state index contributed by atoms with van der Waals surface area (Å²) < 4.78 is 7.85. The van der Waals surface area contributed by atoms with Gasteiger partial charge in [-0.05, 0) is 18.2 Å². The highest BCUT2D eigenvalue weighted by molar-refractivity contribution is 5.57. The predicted molar refractivity (Wildman–Crippen MR) is 97.4 cm³/mol. The van der Waals surface area contributed by atoms with Gasteiger partial charge in [0.25, 0.3) is 0 Å². The minimum Gasteiger partial charge on any atom is -1.00 e. The third kappa shape index (κ3) is 1.97. The zero-order chi connectivity index (χ0) is 18.0. The average molecular weight is 392 g/mol. The summed E-state index contributed by atoms with van der Waals surface area (Å²) in [5, 5.41) is 18.3. The van der Waals surface area contributed by atoms with Crippen LogP contribution in [-0.4, -0.2) is 15.3 Å². The zero-order valence-electron chi connectivity index (χ0n) is 14.9. The van der Waals surface area contributed by atoms with Crippen molar-refractivity contribution in [3.63, 3.8) is 0 Å². The van der Waals surface area contributed by atoms with Crippen molar-refractivity contribution in [2.45, 2.75) is 23.8 Å². The fourth-order valence-corrected chi connectivity index (χ4v) is 5.33. The molecule has 1 aromatic carbocycles. The SMILES string of the molecule is Oc1cccc2c1C1c3cccc[n+]3C2CC1(c1ccoc1)c1ccn[nH]1.[Cl-]. The number of H-pyrrole nitrogens is 1. The maximum absolute atomic E-state index is 10.9. The van der Waals surface area contributed by atoms with Gasteiger partial charge in [0.05, 0.1) is 23.9 Å². The van der Waals surface area contributed by atoms with Crippen molar-refractivity contribution >= 4 is 0 Å². The first-order valence-electron chi connectivity index (χ1n) is 9.15. The minimum absolute atomic E-state index is 0. The maximum atomic E-state index is 10.9. The van der Waals surface area contributed by atoms with Gasteiger partial charge in [0.2, 0.25) is 0 Å². The number of benzene rings is 1. The first-order valence-corrected chi connectivity index (χ1v) is 9.15. The predicted octanol–water partition coefficient (Wildman–Crippen LogP) is 0.424. The van der Waals surface area contributed by atoms with Gasteiger partial charge in [0.1, 0.15) is 5.75 Å². The summed E-state index contributed by atoms with van der Waals surface area (Å²) in [6.45, 7) is 0. The molecule has 5 heterocycles. The molecule has 0 fully saturated rings. The lowest BCUT2D eigenvalue weighted by Crippen LogP contribution is -3.00. The van der Waals surface area contributed by atoms with Crippen LogP contribution in [0.4, 0.5) is 0 Å². The lowest BCUT2D eigenvalue weighted by atomic mass is 9.54. The molecule has 1 aliphatic carbocycles. The Morgan fingerprint density at radius 3 is 2.86 bits per heavy atom. The molecule has 6 heteroatoms. The summed E-state index contributed by atoms with van der Waals surface area (Å²) in [4.78, 5) is 0. The number of rotatable bonds is 2. The molecule has 7 rings (SSSR count). The van der Waals surface area contributed by atoms with E-state index < -0.39 is 0 Å². The van der Waals surface area contributed by atoms with Gasteiger partial charge < -0.3 is 21.9 Å². The molecule has 4 aromatic rings. The Bertz CT molecular complexity index is 1100. The molecule has 5 nitrogen and oxygen atoms in total. The van der Waals surface area contributed by atoms with Crippen molar-refractivity contribution in [1.82, 2.24) is 10.2 Å². The molecular weight excluding hydrogens is 374 g/mol. The Labute approximate surface area is 168 Å². The van der Waals surface area contributed by atoms with Crippen LogP contribution >= 0.6 is 0 Å². The summed E-state index contributed by atoms with van der Waals surface area (Å²) in [6.07, 6.45) is 8.36. The first kappa shape index (κ1) is 17.1. The largest absolute Gasteiger partial charge is 1.00 e. The second-order valence-corrected chi connectivity index (χ2v) is 7.42. The number of aromatic nitrogens is 3. The van der Waals surface area contributed by atoms with E-state index in [1.165, 1.54) is 11.3 Å². The van der Waals surface area contributed by atoms with Crippen LogP contribution in [-0.2, 0) is 5.41 Å². The van der Waals surface area contributed by atoms with Crippen LogP contribution in [0.25, 0.3) is 0 Å². The van der Waals surface area contributed by atoms with Crippen molar-refractivity contribution in [1.29, 1.82) is 0 Å². The fourth-order valence-electron chi connectivity index (χ4n) is 5.33. The van der Waals surface area contributed by atoms with Crippen LogP contribution < -0.4 is 17.0 Å². The van der Waals surface area contributed by atoms with E-state index in [1.54, 1.807) is 18.5 Å². The number of nitrogens with zero attached hydrogens (tertiary/aromatic N) is 2. The van der Waals surface area contributed by atoms with Crippen LogP contribution in [0.2, 0.25) is 0 Å². The molecular formula is C22H18ClN3O2. The number of phenolic OH excluding ortho intramolecular Hbond substituents is 1. The Balaban J connectivity index is 0.00000171. The molecule has 28 heavy (non-hydrogen) atoms. The Morgan fingerprint density at radius 1 is 1.14 bits per heavy atom. The number of pyridine rings is 1. The van der Waals surface area contributed by atoms with Gasteiger partial charge >= 0.3 is 0 Å². The number of hydrogen-bond acceptors (Lipinski definition) is 3. The van der Waals surface area contributed by atoms with Crippen LogP contribution in [0, 0.1) is 0 Å². The molecule has 2 N–H and O–H groups in total. The summed E-state index contributed by atoms with van der Waals surface area (Å²) in [5.74, 6) is 0.308. The Morgan fingerprint density at radius 2 is 2.07 bits per heavy atom. The lowest BCUT2D eigenvalue weighted by Gasteiger charge is -2.48. The van der Waals surface area contributed by atoms with E-state index in [1.807, 2.05) is 24.5 Å². The van der Waals surface area contributed by atoms with Crippen LogP contribution in [0.5, 0.6) is 5.75 Å².